The molecule has 0 bridgehead atoms. The summed E-state index contributed by atoms with van der Waals surface area (Å²) in [6.07, 6.45) is 0.951. The summed E-state index contributed by atoms with van der Waals surface area (Å²) in [7, 11) is 1.75. The van der Waals surface area contributed by atoms with Crippen LogP contribution in [-0.2, 0) is 16.0 Å². The van der Waals surface area contributed by atoms with Crippen LogP contribution in [0.3, 0.4) is 0 Å². The summed E-state index contributed by atoms with van der Waals surface area (Å²) in [6.45, 7) is 10.4. The van der Waals surface area contributed by atoms with Crippen LogP contribution in [0.1, 0.15) is 45.0 Å². The topological polar surface area (TPSA) is 85.0 Å². The van der Waals surface area contributed by atoms with E-state index in [1.54, 1.807) is 7.11 Å². The van der Waals surface area contributed by atoms with Crippen LogP contribution in [0, 0.1) is 5.92 Å². The molecule has 1 aliphatic rings. The number of hydrogen-bond donors (Lipinski definition) is 1. The van der Waals surface area contributed by atoms with E-state index in [9.17, 15) is 0 Å². The normalized spacial score (nSPS) is 19.8. The molecule has 0 amide bonds. The van der Waals surface area contributed by atoms with Crippen LogP contribution in [0.4, 0.5) is 0 Å². The minimum Gasteiger partial charge on any atom is -0.384 e. The Morgan fingerprint density at radius 1 is 1.50 bits per heavy atom. The highest BCUT2D eigenvalue weighted by atomic mass is 16.5. The van der Waals surface area contributed by atoms with Crippen molar-refractivity contribution >= 4 is 5.96 Å². The van der Waals surface area contributed by atoms with Crippen molar-refractivity contribution in [1.29, 1.82) is 0 Å². The van der Waals surface area contributed by atoms with E-state index in [1.807, 2.05) is 13.8 Å². The average molecular weight is 339 g/mol. The number of nitrogens with one attached hydrogen (secondary N) is 1. The molecule has 2 unspecified atom stereocenters. The molecule has 2 heterocycles. The van der Waals surface area contributed by atoms with Crippen LogP contribution >= 0.6 is 0 Å². The minimum absolute atomic E-state index is 0.168. The van der Waals surface area contributed by atoms with E-state index in [0.717, 1.165) is 38.6 Å². The second-order valence-electron chi connectivity index (χ2n) is 5.87. The third kappa shape index (κ3) is 5.17. The summed E-state index contributed by atoms with van der Waals surface area (Å²) in [5, 5.41) is 7.29. The number of guanidine groups is 1. The molecule has 24 heavy (non-hydrogen) atoms. The van der Waals surface area contributed by atoms with Crippen molar-refractivity contribution in [2.24, 2.45) is 10.9 Å². The standard InChI is InChI=1S/C16H29N5O3/c1-5-17-16(21-8-7-13(10-21)11-22-4)18-9-14-19-15(20-24-14)12(3)23-6-2/h12-13H,5-11H2,1-4H3,(H,17,18). The second-order valence-corrected chi connectivity index (χ2v) is 5.87. The van der Waals surface area contributed by atoms with Gasteiger partial charge in [0.05, 0.1) is 6.61 Å². The van der Waals surface area contributed by atoms with E-state index in [4.69, 9.17) is 14.0 Å². The first-order valence-corrected chi connectivity index (χ1v) is 8.64. The minimum atomic E-state index is -0.168. The molecule has 0 spiro atoms. The van der Waals surface area contributed by atoms with E-state index in [-0.39, 0.29) is 6.10 Å². The van der Waals surface area contributed by atoms with Gasteiger partial charge in [0.1, 0.15) is 12.6 Å². The van der Waals surface area contributed by atoms with Gasteiger partial charge in [0.25, 0.3) is 0 Å². The van der Waals surface area contributed by atoms with E-state index in [2.05, 4.69) is 32.3 Å². The maximum Gasteiger partial charge on any atom is 0.248 e. The second kappa shape index (κ2) is 9.58. The van der Waals surface area contributed by atoms with Gasteiger partial charge in [0, 0.05) is 39.3 Å². The Labute approximate surface area is 143 Å². The van der Waals surface area contributed by atoms with Gasteiger partial charge in [-0.05, 0) is 27.2 Å². The van der Waals surface area contributed by atoms with Crippen molar-refractivity contribution in [1.82, 2.24) is 20.4 Å². The number of aliphatic imine (C=N–C) groups is 1. The maximum absolute atomic E-state index is 5.47. The van der Waals surface area contributed by atoms with Gasteiger partial charge in [-0.2, -0.15) is 4.98 Å². The first-order chi connectivity index (χ1) is 11.7. The molecule has 1 N–H and O–H groups in total. The van der Waals surface area contributed by atoms with E-state index in [0.29, 0.717) is 30.8 Å². The Morgan fingerprint density at radius 2 is 2.33 bits per heavy atom. The van der Waals surface area contributed by atoms with E-state index >= 15 is 0 Å². The molecule has 8 nitrogen and oxygen atoms in total. The molecule has 1 aromatic rings. The van der Waals surface area contributed by atoms with Crippen LogP contribution in [0.5, 0.6) is 0 Å². The van der Waals surface area contributed by atoms with Gasteiger partial charge in [0.15, 0.2) is 11.8 Å². The van der Waals surface area contributed by atoms with Gasteiger partial charge >= 0.3 is 0 Å². The molecule has 1 saturated heterocycles. The molecule has 0 aromatic carbocycles. The number of ether oxygens (including phenoxy) is 2. The van der Waals surface area contributed by atoms with Gasteiger partial charge in [-0.15, -0.1) is 0 Å². The lowest BCUT2D eigenvalue weighted by Crippen LogP contribution is -2.40. The number of methoxy groups -OCH3 is 1. The molecule has 1 fully saturated rings. The Kier molecular flexibility index (Phi) is 7.45. The maximum atomic E-state index is 5.47. The summed E-state index contributed by atoms with van der Waals surface area (Å²) in [4.78, 5) is 11.2. The SMILES string of the molecule is CCNC(=NCc1nc(C(C)OCC)no1)N1CCC(COC)C1. The quantitative estimate of drug-likeness (QED) is 0.569. The summed E-state index contributed by atoms with van der Waals surface area (Å²) >= 11 is 0. The average Bonchev–Trinajstić information content (AvgIpc) is 3.21. The van der Waals surface area contributed by atoms with Crippen molar-refractivity contribution in [3.63, 3.8) is 0 Å². The number of aromatic nitrogens is 2. The molecule has 1 aliphatic heterocycles. The van der Waals surface area contributed by atoms with Gasteiger partial charge < -0.3 is 24.2 Å². The molecule has 0 radical (unpaired) electrons. The van der Waals surface area contributed by atoms with Gasteiger partial charge in [-0.25, -0.2) is 4.99 Å². The molecule has 0 aliphatic carbocycles. The van der Waals surface area contributed by atoms with Crippen molar-refractivity contribution in [2.75, 3.05) is 40.0 Å². The highest BCUT2D eigenvalue weighted by Gasteiger charge is 2.24. The van der Waals surface area contributed by atoms with Gasteiger partial charge in [-0.3, -0.25) is 0 Å². The Balaban J connectivity index is 1.96. The number of rotatable bonds is 8. The van der Waals surface area contributed by atoms with Crippen molar-refractivity contribution in [3.05, 3.63) is 11.7 Å². The lowest BCUT2D eigenvalue weighted by atomic mass is 10.1. The molecule has 2 rings (SSSR count). The number of nitrogens with zero attached hydrogens (tertiary/aromatic N) is 4. The summed E-state index contributed by atoms with van der Waals surface area (Å²) in [5.41, 5.74) is 0. The van der Waals surface area contributed by atoms with Crippen LogP contribution in [0.15, 0.2) is 9.52 Å². The molecule has 136 valence electrons. The van der Waals surface area contributed by atoms with E-state index < -0.39 is 0 Å². The fourth-order valence-corrected chi connectivity index (χ4v) is 2.79. The van der Waals surface area contributed by atoms with Gasteiger partial charge in [0.2, 0.25) is 5.89 Å². The Hall–Kier alpha value is -1.67. The highest BCUT2D eigenvalue weighted by molar-refractivity contribution is 5.80. The molecular weight excluding hydrogens is 310 g/mol. The fourth-order valence-electron chi connectivity index (χ4n) is 2.79. The molecular formula is C16H29N5O3. The monoisotopic (exact) mass is 339 g/mol. The predicted octanol–water partition coefficient (Wildman–Crippen LogP) is 1.60. The largest absolute Gasteiger partial charge is 0.384 e. The highest BCUT2D eigenvalue weighted by Crippen LogP contribution is 2.17. The van der Waals surface area contributed by atoms with Crippen LogP contribution in [0.2, 0.25) is 0 Å². The third-order valence-electron chi connectivity index (χ3n) is 3.95. The van der Waals surface area contributed by atoms with Crippen molar-refractivity contribution < 1.29 is 14.0 Å². The zero-order valence-corrected chi connectivity index (χ0v) is 15.1. The zero-order valence-electron chi connectivity index (χ0n) is 15.1. The summed E-state index contributed by atoms with van der Waals surface area (Å²) in [5.74, 6) is 2.50. The fraction of sp³-hybridized carbons (Fsp3) is 0.812. The smallest absolute Gasteiger partial charge is 0.248 e. The lowest BCUT2D eigenvalue weighted by Gasteiger charge is -2.21. The number of likely N-dealkylation sites (tertiary alicyclic amines) is 1. The first kappa shape index (κ1) is 18.7. The predicted molar refractivity (Wildman–Crippen MR) is 90.7 cm³/mol. The molecule has 1 aromatic heterocycles. The Bertz CT molecular complexity index is 520. The number of hydrogen-bond acceptors (Lipinski definition) is 6. The van der Waals surface area contributed by atoms with Crippen molar-refractivity contribution in [2.45, 2.75) is 39.8 Å². The van der Waals surface area contributed by atoms with Gasteiger partial charge in [-0.1, -0.05) is 5.16 Å². The van der Waals surface area contributed by atoms with Crippen LogP contribution in [-0.4, -0.2) is 61.0 Å². The van der Waals surface area contributed by atoms with Crippen LogP contribution in [0.25, 0.3) is 0 Å². The third-order valence-corrected chi connectivity index (χ3v) is 3.95. The molecule has 2 atom stereocenters. The first-order valence-electron chi connectivity index (χ1n) is 8.64. The van der Waals surface area contributed by atoms with Crippen LogP contribution < -0.4 is 5.32 Å². The summed E-state index contributed by atoms with van der Waals surface area (Å²) < 4.78 is 16.0. The molecule has 0 saturated carbocycles. The van der Waals surface area contributed by atoms with E-state index in [1.165, 1.54) is 0 Å². The lowest BCUT2D eigenvalue weighted by molar-refractivity contribution is 0.0683. The zero-order chi connectivity index (χ0) is 17.4. The molecule has 8 heteroatoms. The van der Waals surface area contributed by atoms with Crippen molar-refractivity contribution in [3.8, 4) is 0 Å². The summed E-state index contributed by atoms with van der Waals surface area (Å²) in [6, 6.07) is 0. The Morgan fingerprint density at radius 3 is 3.04 bits per heavy atom.